The molecule has 0 bridgehead atoms. The van der Waals surface area contributed by atoms with Gasteiger partial charge < -0.3 is 5.73 Å². The quantitative estimate of drug-likeness (QED) is 0.668. The Bertz CT molecular complexity index is 223. The first-order chi connectivity index (χ1) is 5.69. The van der Waals surface area contributed by atoms with Gasteiger partial charge in [0.2, 0.25) is 0 Å². The average molecular weight is 165 g/mol. The van der Waals surface area contributed by atoms with Crippen LogP contribution in [0.5, 0.6) is 0 Å². The zero-order valence-corrected chi connectivity index (χ0v) is 8.35. The fourth-order valence-electron chi connectivity index (χ4n) is 2.11. The van der Waals surface area contributed by atoms with Crippen LogP contribution in [0.4, 0.5) is 0 Å². The van der Waals surface area contributed by atoms with Crippen LogP contribution in [-0.2, 0) is 0 Å². The number of hydrogen-bond donors (Lipinski definition) is 1. The molecule has 68 valence electrons. The van der Waals surface area contributed by atoms with Gasteiger partial charge in [0.1, 0.15) is 0 Å². The van der Waals surface area contributed by atoms with E-state index >= 15 is 0 Å². The Kier molecular flexibility index (Phi) is 3.10. The lowest BCUT2D eigenvalue weighted by Gasteiger charge is -2.22. The first-order valence-electron chi connectivity index (χ1n) is 4.78. The van der Waals surface area contributed by atoms with Crippen molar-refractivity contribution in [2.45, 2.75) is 33.6 Å². The lowest BCUT2D eigenvalue weighted by atomic mass is 9.85. The molecule has 1 atom stereocenters. The molecule has 0 aromatic heterocycles. The van der Waals surface area contributed by atoms with Gasteiger partial charge >= 0.3 is 0 Å². The summed E-state index contributed by atoms with van der Waals surface area (Å²) in [4.78, 5) is 0. The Hall–Kier alpha value is -0.560. The lowest BCUT2D eigenvalue weighted by Crippen LogP contribution is -2.13. The summed E-state index contributed by atoms with van der Waals surface area (Å²) >= 11 is 0. The average Bonchev–Trinajstić information content (AvgIpc) is 2.03. The standard InChI is InChI=1S/C11H19N/c1-4-11-9(3)5-8(2)6-10(11)7-12/h5,8H,4,6-7,12H2,1-3H3. The van der Waals surface area contributed by atoms with Crippen molar-refractivity contribution in [3.05, 3.63) is 22.8 Å². The minimum absolute atomic E-state index is 0.679. The highest BCUT2D eigenvalue weighted by molar-refractivity contribution is 5.38. The van der Waals surface area contributed by atoms with Gasteiger partial charge in [0.25, 0.3) is 0 Å². The summed E-state index contributed by atoms with van der Waals surface area (Å²) in [6.07, 6.45) is 4.65. The highest BCUT2D eigenvalue weighted by Crippen LogP contribution is 2.29. The predicted molar refractivity (Wildman–Crippen MR) is 53.9 cm³/mol. The monoisotopic (exact) mass is 165 g/mol. The van der Waals surface area contributed by atoms with Gasteiger partial charge in [0.15, 0.2) is 0 Å². The zero-order valence-electron chi connectivity index (χ0n) is 8.35. The first kappa shape index (κ1) is 9.53. The summed E-state index contributed by atoms with van der Waals surface area (Å²) in [6, 6.07) is 0. The van der Waals surface area contributed by atoms with Gasteiger partial charge in [0, 0.05) is 6.54 Å². The van der Waals surface area contributed by atoms with E-state index in [2.05, 4.69) is 26.8 Å². The highest BCUT2D eigenvalue weighted by Gasteiger charge is 2.14. The molecule has 0 heterocycles. The maximum atomic E-state index is 5.71. The van der Waals surface area contributed by atoms with E-state index in [0.717, 1.165) is 19.4 Å². The molecule has 1 aliphatic rings. The molecule has 1 heteroatoms. The van der Waals surface area contributed by atoms with Gasteiger partial charge in [-0.05, 0) is 31.3 Å². The molecular weight excluding hydrogens is 146 g/mol. The molecule has 0 fully saturated rings. The molecule has 1 rings (SSSR count). The fraction of sp³-hybridized carbons (Fsp3) is 0.636. The molecule has 1 aliphatic carbocycles. The van der Waals surface area contributed by atoms with E-state index in [0.29, 0.717) is 5.92 Å². The number of rotatable bonds is 2. The van der Waals surface area contributed by atoms with Crippen LogP contribution in [0.15, 0.2) is 22.8 Å². The molecule has 2 N–H and O–H groups in total. The SMILES string of the molecule is CCC1=C(CN)CC(C)C=C1C. The minimum Gasteiger partial charge on any atom is -0.327 e. The molecule has 0 saturated heterocycles. The highest BCUT2D eigenvalue weighted by atomic mass is 14.5. The second-order valence-corrected chi connectivity index (χ2v) is 3.67. The van der Waals surface area contributed by atoms with Crippen molar-refractivity contribution >= 4 is 0 Å². The largest absolute Gasteiger partial charge is 0.327 e. The molecular formula is C11H19N. The fourth-order valence-corrected chi connectivity index (χ4v) is 2.11. The van der Waals surface area contributed by atoms with Gasteiger partial charge in [-0.25, -0.2) is 0 Å². The van der Waals surface area contributed by atoms with E-state index in [1.807, 2.05) is 0 Å². The Morgan fingerprint density at radius 3 is 2.75 bits per heavy atom. The molecule has 0 saturated carbocycles. The topological polar surface area (TPSA) is 26.0 Å². The van der Waals surface area contributed by atoms with Crippen LogP contribution in [0.25, 0.3) is 0 Å². The van der Waals surface area contributed by atoms with Gasteiger partial charge in [-0.15, -0.1) is 0 Å². The first-order valence-corrected chi connectivity index (χ1v) is 4.78. The molecule has 0 aromatic rings. The van der Waals surface area contributed by atoms with Crippen LogP contribution >= 0.6 is 0 Å². The van der Waals surface area contributed by atoms with Crippen LogP contribution in [-0.4, -0.2) is 6.54 Å². The smallest absolute Gasteiger partial charge is 0.0143 e. The van der Waals surface area contributed by atoms with Crippen LogP contribution in [0.2, 0.25) is 0 Å². The van der Waals surface area contributed by atoms with Gasteiger partial charge in [-0.2, -0.15) is 0 Å². The summed E-state index contributed by atoms with van der Waals surface area (Å²) in [5.74, 6) is 0.679. The lowest BCUT2D eigenvalue weighted by molar-refractivity contribution is 0.674. The van der Waals surface area contributed by atoms with Gasteiger partial charge in [-0.1, -0.05) is 31.1 Å². The summed E-state index contributed by atoms with van der Waals surface area (Å²) < 4.78 is 0. The van der Waals surface area contributed by atoms with Gasteiger partial charge in [0.05, 0.1) is 0 Å². The van der Waals surface area contributed by atoms with Crippen LogP contribution in [0.1, 0.15) is 33.6 Å². The maximum absolute atomic E-state index is 5.71. The second kappa shape index (κ2) is 3.90. The molecule has 0 radical (unpaired) electrons. The number of hydrogen-bond acceptors (Lipinski definition) is 1. The van der Waals surface area contributed by atoms with Crippen molar-refractivity contribution in [1.82, 2.24) is 0 Å². The molecule has 1 unspecified atom stereocenters. The third-order valence-corrected chi connectivity index (χ3v) is 2.61. The molecule has 0 aromatic carbocycles. The zero-order chi connectivity index (χ0) is 9.14. The van der Waals surface area contributed by atoms with Gasteiger partial charge in [-0.3, -0.25) is 0 Å². The van der Waals surface area contributed by atoms with Crippen molar-refractivity contribution in [3.63, 3.8) is 0 Å². The van der Waals surface area contributed by atoms with E-state index in [1.165, 1.54) is 16.7 Å². The van der Waals surface area contributed by atoms with Crippen molar-refractivity contribution in [2.75, 3.05) is 6.54 Å². The summed E-state index contributed by atoms with van der Waals surface area (Å²) in [5.41, 5.74) is 10.1. The molecule has 0 aliphatic heterocycles. The molecule has 0 spiro atoms. The Morgan fingerprint density at radius 1 is 1.58 bits per heavy atom. The maximum Gasteiger partial charge on any atom is 0.0143 e. The van der Waals surface area contributed by atoms with E-state index in [1.54, 1.807) is 0 Å². The molecule has 1 nitrogen and oxygen atoms in total. The molecule has 0 amide bonds. The summed E-state index contributed by atoms with van der Waals surface area (Å²) in [6.45, 7) is 7.40. The van der Waals surface area contributed by atoms with E-state index in [9.17, 15) is 0 Å². The van der Waals surface area contributed by atoms with E-state index < -0.39 is 0 Å². The van der Waals surface area contributed by atoms with E-state index in [-0.39, 0.29) is 0 Å². The van der Waals surface area contributed by atoms with Crippen LogP contribution < -0.4 is 5.73 Å². The third kappa shape index (κ3) is 1.78. The van der Waals surface area contributed by atoms with Crippen molar-refractivity contribution in [1.29, 1.82) is 0 Å². The van der Waals surface area contributed by atoms with Crippen LogP contribution in [0, 0.1) is 5.92 Å². The van der Waals surface area contributed by atoms with Crippen molar-refractivity contribution in [3.8, 4) is 0 Å². The minimum atomic E-state index is 0.679. The second-order valence-electron chi connectivity index (χ2n) is 3.67. The van der Waals surface area contributed by atoms with Crippen molar-refractivity contribution in [2.24, 2.45) is 11.7 Å². The number of nitrogens with two attached hydrogens (primary N) is 1. The van der Waals surface area contributed by atoms with Crippen molar-refractivity contribution < 1.29 is 0 Å². The third-order valence-electron chi connectivity index (χ3n) is 2.61. The van der Waals surface area contributed by atoms with E-state index in [4.69, 9.17) is 5.73 Å². The number of allylic oxidation sites excluding steroid dienone is 3. The summed E-state index contributed by atoms with van der Waals surface area (Å²) in [5, 5.41) is 0. The Labute approximate surface area is 75.3 Å². The molecule has 12 heavy (non-hydrogen) atoms. The predicted octanol–water partition coefficient (Wildman–Crippen LogP) is 2.64. The van der Waals surface area contributed by atoms with Crippen LogP contribution in [0.3, 0.4) is 0 Å². The Morgan fingerprint density at radius 2 is 2.25 bits per heavy atom. The summed E-state index contributed by atoms with van der Waals surface area (Å²) in [7, 11) is 0. The normalized spacial score (nSPS) is 24.3. The Balaban J connectivity index is 2.93.